The molecule has 154 valence electrons. The number of ketones is 1. The van der Waals surface area contributed by atoms with Crippen LogP contribution in [0.3, 0.4) is 0 Å². The highest BCUT2D eigenvalue weighted by atomic mass is 32.2. The lowest BCUT2D eigenvalue weighted by Gasteiger charge is -2.21. The van der Waals surface area contributed by atoms with Crippen molar-refractivity contribution in [2.24, 2.45) is 0 Å². The standard InChI is InChI=1S/C13H15F5N2O5S2/c1-19(2)26(22,23)9-6-5-8(7-10(9)27(24,25)20(3)4)11(21)12(14,15)13(16,17)18/h5-7H,1-4H3. The summed E-state index contributed by atoms with van der Waals surface area (Å²) in [5.41, 5.74) is -1.31. The van der Waals surface area contributed by atoms with Gasteiger partial charge in [0.15, 0.2) is 0 Å². The first-order chi connectivity index (χ1) is 11.9. The summed E-state index contributed by atoms with van der Waals surface area (Å²) in [7, 11) is -4.96. The first-order valence-corrected chi connectivity index (χ1v) is 9.75. The first-order valence-electron chi connectivity index (χ1n) is 6.87. The Morgan fingerprint density at radius 2 is 1.22 bits per heavy atom. The summed E-state index contributed by atoms with van der Waals surface area (Å²) in [6.07, 6.45) is -6.21. The van der Waals surface area contributed by atoms with Crippen molar-refractivity contribution in [2.75, 3.05) is 28.2 Å². The minimum absolute atomic E-state index is 0.188. The van der Waals surface area contributed by atoms with Crippen molar-refractivity contribution in [1.29, 1.82) is 0 Å². The van der Waals surface area contributed by atoms with E-state index in [9.17, 15) is 43.6 Å². The number of Topliss-reactive ketones (excluding diaryl/α,β-unsaturated/α-hetero) is 1. The highest BCUT2D eigenvalue weighted by Gasteiger charge is 2.63. The van der Waals surface area contributed by atoms with E-state index in [2.05, 4.69) is 0 Å². The Kier molecular flexibility index (Phi) is 6.13. The monoisotopic (exact) mass is 438 g/mol. The number of hydrogen-bond acceptors (Lipinski definition) is 5. The summed E-state index contributed by atoms with van der Waals surface area (Å²) < 4.78 is 114. The van der Waals surface area contributed by atoms with Crippen LogP contribution in [0.4, 0.5) is 22.0 Å². The van der Waals surface area contributed by atoms with Gasteiger partial charge in [0, 0.05) is 33.8 Å². The molecule has 0 saturated carbocycles. The van der Waals surface area contributed by atoms with Crippen LogP contribution in [0.1, 0.15) is 10.4 Å². The summed E-state index contributed by atoms with van der Waals surface area (Å²) in [6, 6.07) is 1.08. The summed E-state index contributed by atoms with van der Waals surface area (Å²) in [6.45, 7) is 0. The zero-order valence-corrected chi connectivity index (χ0v) is 16.0. The van der Waals surface area contributed by atoms with E-state index in [1.54, 1.807) is 0 Å². The highest BCUT2D eigenvalue weighted by Crippen LogP contribution is 2.38. The van der Waals surface area contributed by atoms with Crippen molar-refractivity contribution in [1.82, 2.24) is 8.61 Å². The number of carbonyl (C=O) groups is 1. The maximum Gasteiger partial charge on any atom is 0.461 e. The van der Waals surface area contributed by atoms with Gasteiger partial charge in [-0.2, -0.15) is 22.0 Å². The Morgan fingerprint density at radius 3 is 1.59 bits per heavy atom. The molecule has 0 atom stereocenters. The normalized spacial score (nSPS) is 14.0. The van der Waals surface area contributed by atoms with Crippen molar-refractivity contribution >= 4 is 25.8 Å². The fourth-order valence-electron chi connectivity index (χ4n) is 1.77. The highest BCUT2D eigenvalue weighted by molar-refractivity contribution is 7.92. The number of hydrogen-bond donors (Lipinski definition) is 0. The van der Waals surface area contributed by atoms with E-state index < -0.39 is 53.3 Å². The van der Waals surface area contributed by atoms with Gasteiger partial charge in [0.25, 0.3) is 0 Å². The first kappa shape index (κ1) is 23.4. The van der Waals surface area contributed by atoms with Crippen molar-refractivity contribution in [3.05, 3.63) is 23.8 Å². The average molecular weight is 438 g/mol. The molecule has 1 aromatic rings. The Morgan fingerprint density at radius 1 is 0.815 bits per heavy atom. The van der Waals surface area contributed by atoms with Gasteiger partial charge in [0.05, 0.1) is 0 Å². The Bertz CT molecular complexity index is 954. The van der Waals surface area contributed by atoms with Gasteiger partial charge in [0.1, 0.15) is 9.79 Å². The molecule has 1 aromatic carbocycles. The Balaban J connectivity index is 3.83. The van der Waals surface area contributed by atoms with Crippen LogP contribution < -0.4 is 0 Å². The molecule has 0 aliphatic rings. The second-order valence-electron chi connectivity index (χ2n) is 5.64. The van der Waals surface area contributed by atoms with Gasteiger partial charge in [-0.15, -0.1) is 0 Å². The summed E-state index contributed by atoms with van der Waals surface area (Å²) >= 11 is 0. The minimum Gasteiger partial charge on any atom is -0.287 e. The van der Waals surface area contributed by atoms with Crippen molar-refractivity contribution in [3.63, 3.8) is 0 Å². The molecule has 0 unspecified atom stereocenters. The van der Waals surface area contributed by atoms with Crippen molar-refractivity contribution < 1.29 is 43.6 Å². The molecular weight excluding hydrogens is 423 g/mol. The lowest BCUT2D eigenvalue weighted by atomic mass is 10.1. The van der Waals surface area contributed by atoms with Crippen LogP contribution in [-0.4, -0.2) is 71.5 Å². The van der Waals surface area contributed by atoms with Crippen LogP contribution >= 0.6 is 0 Å². The topological polar surface area (TPSA) is 91.8 Å². The van der Waals surface area contributed by atoms with E-state index in [0.717, 1.165) is 28.2 Å². The van der Waals surface area contributed by atoms with Crippen molar-refractivity contribution in [2.45, 2.75) is 21.9 Å². The molecule has 0 saturated heterocycles. The molecule has 14 heteroatoms. The van der Waals surface area contributed by atoms with E-state index in [1.807, 2.05) is 0 Å². The molecule has 0 aliphatic carbocycles. The number of carbonyl (C=O) groups excluding carboxylic acids is 1. The van der Waals surface area contributed by atoms with Gasteiger partial charge in [-0.3, -0.25) is 4.79 Å². The van der Waals surface area contributed by atoms with E-state index in [-0.39, 0.29) is 6.07 Å². The molecule has 0 aromatic heterocycles. The molecule has 0 N–H and O–H groups in total. The number of halogens is 5. The smallest absolute Gasteiger partial charge is 0.287 e. The van der Waals surface area contributed by atoms with Crippen molar-refractivity contribution in [3.8, 4) is 0 Å². The predicted octanol–water partition coefficient (Wildman–Crippen LogP) is 1.57. The Hall–Kier alpha value is -1.64. The van der Waals surface area contributed by atoms with Gasteiger partial charge in [-0.05, 0) is 18.2 Å². The molecule has 0 fully saturated rings. The van der Waals surface area contributed by atoms with E-state index >= 15 is 0 Å². The van der Waals surface area contributed by atoms with Gasteiger partial charge < -0.3 is 0 Å². The quantitative estimate of drug-likeness (QED) is 0.497. The number of sulfonamides is 2. The number of benzene rings is 1. The van der Waals surface area contributed by atoms with Gasteiger partial charge >= 0.3 is 12.1 Å². The summed E-state index contributed by atoms with van der Waals surface area (Å²) in [4.78, 5) is 9.63. The van der Waals surface area contributed by atoms with Gasteiger partial charge in [-0.25, -0.2) is 25.4 Å². The van der Waals surface area contributed by atoms with Gasteiger partial charge in [-0.1, -0.05) is 0 Å². The number of rotatable bonds is 6. The average Bonchev–Trinajstić information content (AvgIpc) is 2.51. The molecule has 27 heavy (non-hydrogen) atoms. The maximum absolute atomic E-state index is 13.3. The molecular formula is C13H15F5N2O5S2. The van der Waals surface area contributed by atoms with Crippen LogP contribution in [0.2, 0.25) is 0 Å². The van der Waals surface area contributed by atoms with Gasteiger partial charge in [0.2, 0.25) is 25.8 Å². The third-order valence-electron chi connectivity index (χ3n) is 3.36. The van der Waals surface area contributed by atoms with Crippen LogP contribution in [0.25, 0.3) is 0 Å². The second-order valence-corrected chi connectivity index (χ2v) is 9.88. The van der Waals surface area contributed by atoms with E-state index in [4.69, 9.17) is 0 Å². The SMILES string of the molecule is CN(C)S(=O)(=O)c1ccc(C(=O)C(F)(F)C(F)(F)F)cc1S(=O)(=O)N(C)C. The van der Waals surface area contributed by atoms with E-state index in [1.165, 1.54) is 0 Å². The molecule has 0 aliphatic heterocycles. The zero-order chi connectivity index (χ0) is 21.6. The lowest BCUT2D eigenvalue weighted by molar-refractivity contribution is -0.255. The molecule has 0 radical (unpaired) electrons. The fraction of sp³-hybridized carbons (Fsp3) is 0.462. The summed E-state index contributed by atoms with van der Waals surface area (Å²) in [5.74, 6) is -8.49. The molecule has 0 heterocycles. The van der Waals surface area contributed by atoms with Crippen LogP contribution in [-0.2, 0) is 20.0 Å². The second kappa shape index (κ2) is 7.07. The number of nitrogens with zero attached hydrogens (tertiary/aromatic N) is 2. The summed E-state index contributed by atoms with van der Waals surface area (Å²) in [5, 5.41) is 0. The largest absolute Gasteiger partial charge is 0.461 e. The molecule has 0 spiro atoms. The lowest BCUT2D eigenvalue weighted by Crippen LogP contribution is -2.44. The minimum atomic E-state index is -6.21. The maximum atomic E-state index is 13.3. The fourth-order valence-corrected chi connectivity index (χ4v) is 4.34. The third-order valence-corrected chi connectivity index (χ3v) is 7.22. The number of alkyl halides is 5. The van der Waals surface area contributed by atoms with Crippen LogP contribution in [0.5, 0.6) is 0 Å². The Labute approximate surface area is 152 Å². The molecule has 1 rings (SSSR count). The zero-order valence-electron chi connectivity index (χ0n) is 14.4. The molecule has 0 amide bonds. The molecule has 7 nitrogen and oxygen atoms in total. The van der Waals surface area contributed by atoms with Crippen LogP contribution in [0.15, 0.2) is 28.0 Å². The molecule has 0 bridgehead atoms. The third kappa shape index (κ3) is 4.12. The van der Waals surface area contributed by atoms with Crippen LogP contribution in [0, 0.1) is 0 Å². The van der Waals surface area contributed by atoms with E-state index in [0.29, 0.717) is 20.7 Å². The predicted molar refractivity (Wildman–Crippen MR) is 83.5 cm³/mol.